The first kappa shape index (κ1) is 13.9. The van der Waals surface area contributed by atoms with Crippen LogP contribution in [0.3, 0.4) is 0 Å². The van der Waals surface area contributed by atoms with E-state index in [2.05, 4.69) is 14.6 Å². The molecule has 0 radical (unpaired) electrons. The molecule has 88 valence electrons. The zero-order valence-corrected chi connectivity index (χ0v) is 9.26. The van der Waals surface area contributed by atoms with Crippen molar-refractivity contribution in [2.45, 2.75) is 6.92 Å². The minimum absolute atomic E-state index is 0.0363. The van der Waals surface area contributed by atoms with Crippen LogP contribution < -0.4 is 0 Å². The molecular weight excluding hydrogens is 214 g/mol. The van der Waals surface area contributed by atoms with E-state index in [0.717, 1.165) is 6.21 Å². The van der Waals surface area contributed by atoms with Crippen molar-refractivity contribution in [1.82, 2.24) is 0 Å². The standard InChI is InChI=1S/C10H13NO5/c1-7(9(12)15-2)8(10(13)16-3)5-4-6-11-14/h4-6,14H,1-3H3/b5-4-,8-7-,11-6+. The monoisotopic (exact) mass is 227 g/mol. The van der Waals surface area contributed by atoms with Gasteiger partial charge in [0.25, 0.3) is 0 Å². The van der Waals surface area contributed by atoms with Crippen molar-refractivity contribution >= 4 is 18.2 Å². The number of methoxy groups -OCH3 is 2. The highest BCUT2D eigenvalue weighted by molar-refractivity contribution is 6.02. The van der Waals surface area contributed by atoms with Crippen molar-refractivity contribution in [1.29, 1.82) is 0 Å². The van der Waals surface area contributed by atoms with Crippen LogP contribution in [0.5, 0.6) is 0 Å². The molecule has 0 amide bonds. The highest BCUT2D eigenvalue weighted by Crippen LogP contribution is 2.09. The molecule has 1 N–H and O–H groups in total. The van der Waals surface area contributed by atoms with E-state index in [0.29, 0.717) is 0 Å². The molecule has 0 aromatic carbocycles. The fourth-order valence-electron chi connectivity index (χ4n) is 0.897. The number of oxime groups is 1. The Hall–Kier alpha value is -2.11. The van der Waals surface area contributed by atoms with Crippen LogP contribution in [0.2, 0.25) is 0 Å². The quantitative estimate of drug-likeness (QED) is 0.190. The van der Waals surface area contributed by atoms with E-state index in [-0.39, 0.29) is 11.1 Å². The third kappa shape index (κ3) is 3.95. The molecule has 6 nitrogen and oxygen atoms in total. The lowest BCUT2D eigenvalue weighted by molar-refractivity contribution is -0.139. The third-order valence-electron chi connectivity index (χ3n) is 1.72. The number of hydrogen-bond donors (Lipinski definition) is 1. The number of nitrogens with zero attached hydrogens (tertiary/aromatic N) is 1. The molecule has 0 rings (SSSR count). The summed E-state index contributed by atoms with van der Waals surface area (Å²) in [4.78, 5) is 22.5. The lowest BCUT2D eigenvalue weighted by atomic mass is 10.1. The number of carbonyl (C=O) groups is 2. The Bertz CT molecular complexity index is 354. The van der Waals surface area contributed by atoms with E-state index in [1.54, 1.807) is 0 Å². The van der Waals surface area contributed by atoms with Crippen LogP contribution in [0.15, 0.2) is 28.5 Å². The fourth-order valence-corrected chi connectivity index (χ4v) is 0.897. The molecule has 0 saturated heterocycles. The first-order valence-electron chi connectivity index (χ1n) is 4.30. The highest BCUT2D eigenvalue weighted by atomic mass is 16.5. The van der Waals surface area contributed by atoms with Gasteiger partial charge >= 0.3 is 11.9 Å². The minimum atomic E-state index is -0.675. The van der Waals surface area contributed by atoms with Crippen LogP contribution in [0.25, 0.3) is 0 Å². The SMILES string of the molecule is COC(=O)/C(C)=C(/C=C\C=N\O)C(=O)OC. The van der Waals surface area contributed by atoms with Gasteiger partial charge in [-0.25, -0.2) is 9.59 Å². The molecule has 0 aliphatic carbocycles. The lowest BCUT2D eigenvalue weighted by Crippen LogP contribution is -2.11. The molecule has 0 aliphatic rings. The molecule has 16 heavy (non-hydrogen) atoms. The second kappa shape index (κ2) is 7.22. The number of carbonyl (C=O) groups excluding carboxylic acids is 2. The van der Waals surface area contributed by atoms with E-state index in [4.69, 9.17) is 5.21 Å². The van der Waals surface area contributed by atoms with E-state index in [1.807, 2.05) is 0 Å². The molecule has 0 spiro atoms. The summed E-state index contributed by atoms with van der Waals surface area (Å²) in [7, 11) is 2.40. The predicted octanol–water partition coefficient (Wildman–Crippen LogP) is 0.665. The Morgan fingerprint density at radius 3 is 2.19 bits per heavy atom. The zero-order valence-electron chi connectivity index (χ0n) is 9.26. The molecular formula is C10H13NO5. The van der Waals surface area contributed by atoms with Gasteiger partial charge < -0.3 is 14.7 Å². The molecule has 0 aliphatic heterocycles. The van der Waals surface area contributed by atoms with E-state index >= 15 is 0 Å². The summed E-state index contributed by atoms with van der Waals surface area (Å²) >= 11 is 0. The summed E-state index contributed by atoms with van der Waals surface area (Å²) in [6, 6.07) is 0. The van der Waals surface area contributed by atoms with Gasteiger partial charge in [-0.3, -0.25) is 0 Å². The molecule has 0 heterocycles. The third-order valence-corrected chi connectivity index (χ3v) is 1.72. The molecule has 0 fully saturated rings. The average Bonchev–Trinajstić information content (AvgIpc) is 2.32. The maximum absolute atomic E-state index is 11.3. The summed E-state index contributed by atoms with van der Waals surface area (Å²) < 4.78 is 8.97. The molecule has 6 heteroatoms. The van der Waals surface area contributed by atoms with Gasteiger partial charge in [0, 0.05) is 5.57 Å². The Morgan fingerprint density at radius 2 is 1.75 bits per heavy atom. The largest absolute Gasteiger partial charge is 0.466 e. The maximum atomic E-state index is 11.3. The number of allylic oxidation sites excluding steroid dienone is 1. The Balaban J connectivity index is 5.22. The van der Waals surface area contributed by atoms with Crippen LogP contribution in [0, 0.1) is 0 Å². The van der Waals surface area contributed by atoms with Crippen LogP contribution in [0.1, 0.15) is 6.92 Å². The van der Waals surface area contributed by atoms with Crippen LogP contribution in [-0.2, 0) is 19.1 Å². The number of rotatable bonds is 4. The van der Waals surface area contributed by atoms with E-state index < -0.39 is 11.9 Å². The van der Waals surface area contributed by atoms with E-state index in [9.17, 15) is 9.59 Å². The van der Waals surface area contributed by atoms with Gasteiger partial charge in [-0.15, -0.1) is 0 Å². The van der Waals surface area contributed by atoms with Crippen molar-refractivity contribution in [3.63, 3.8) is 0 Å². The molecule has 0 unspecified atom stereocenters. The second-order valence-electron chi connectivity index (χ2n) is 2.65. The predicted molar refractivity (Wildman–Crippen MR) is 56.2 cm³/mol. The fraction of sp³-hybridized carbons (Fsp3) is 0.300. The van der Waals surface area contributed by atoms with Crippen molar-refractivity contribution < 1.29 is 24.3 Å². The first-order valence-corrected chi connectivity index (χ1v) is 4.30. The van der Waals surface area contributed by atoms with Gasteiger partial charge in [0.15, 0.2) is 0 Å². The highest BCUT2D eigenvalue weighted by Gasteiger charge is 2.15. The smallest absolute Gasteiger partial charge is 0.338 e. The van der Waals surface area contributed by atoms with Gasteiger partial charge in [-0.1, -0.05) is 5.16 Å². The van der Waals surface area contributed by atoms with Crippen molar-refractivity contribution in [3.05, 3.63) is 23.3 Å². The average molecular weight is 227 g/mol. The molecule has 0 aromatic rings. The Morgan fingerprint density at radius 1 is 1.19 bits per heavy atom. The number of esters is 2. The number of ether oxygens (including phenoxy) is 2. The maximum Gasteiger partial charge on any atom is 0.338 e. The summed E-state index contributed by atoms with van der Waals surface area (Å²) in [5, 5.41) is 10.9. The van der Waals surface area contributed by atoms with Gasteiger partial charge in [-0.05, 0) is 19.1 Å². The molecule has 0 bridgehead atoms. The summed E-state index contributed by atoms with van der Waals surface area (Å²) in [6.45, 7) is 1.43. The van der Waals surface area contributed by atoms with Crippen molar-refractivity contribution in [2.24, 2.45) is 5.16 Å². The Labute approximate surface area is 92.8 Å². The topological polar surface area (TPSA) is 85.2 Å². The second-order valence-corrected chi connectivity index (χ2v) is 2.65. The van der Waals surface area contributed by atoms with Crippen molar-refractivity contribution in [2.75, 3.05) is 14.2 Å². The van der Waals surface area contributed by atoms with Crippen LogP contribution in [-0.4, -0.2) is 37.6 Å². The minimum Gasteiger partial charge on any atom is -0.466 e. The van der Waals surface area contributed by atoms with Gasteiger partial charge in [0.1, 0.15) is 0 Å². The zero-order chi connectivity index (χ0) is 12.6. The number of hydrogen-bond acceptors (Lipinski definition) is 6. The van der Waals surface area contributed by atoms with Gasteiger partial charge in [0.05, 0.1) is 26.0 Å². The van der Waals surface area contributed by atoms with Crippen LogP contribution >= 0.6 is 0 Å². The van der Waals surface area contributed by atoms with E-state index in [1.165, 1.54) is 33.3 Å². The van der Waals surface area contributed by atoms with Gasteiger partial charge in [0.2, 0.25) is 0 Å². The normalized spacial score (nSPS) is 12.7. The van der Waals surface area contributed by atoms with Gasteiger partial charge in [-0.2, -0.15) is 0 Å². The lowest BCUT2D eigenvalue weighted by Gasteiger charge is -2.04. The Kier molecular flexibility index (Phi) is 6.27. The summed E-state index contributed by atoms with van der Waals surface area (Å²) in [5.74, 6) is -1.31. The summed E-state index contributed by atoms with van der Waals surface area (Å²) in [6.07, 6.45) is 3.63. The van der Waals surface area contributed by atoms with Crippen molar-refractivity contribution in [3.8, 4) is 0 Å². The molecule has 0 atom stereocenters. The first-order chi connectivity index (χ1) is 7.58. The molecule has 0 saturated carbocycles. The van der Waals surface area contributed by atoms with Crippen LogP contribution in [0.4, 0.5) is 0 Å². The summed E-state index contributed by atoms with van der Waals surface area (Å²) in [5.41, 5.74) is 0.145. The molecule has 0 aromatic heterocycles.